The summed E-state index contributed by atoms with van der Waals surface area (Å²) in [6, 6.07) is 10.5. The first-order valence-electron chi connectivity index (χ1n) is 8.87. The van der Waals surface area contributed by atoms with Crippen LogP contribution >= 0.6 is 0 Å². The van der Waals surface area contributed by atoms with Crippen molar-refractivity contribution in [2.24, 2.45) is 0 Å². The van der Waals surface area contributed by atoms with E-state index in [0.717, 1.165) is 30.5 Å². The molecule has 0 spiro atoms. The number of carbonyl (C=O) groups excluding carboxylic acids is 1. The Morgan fingerprint density at radius 2 is 1.96 bits per heavy atom. The molecule has 1 amide bonds. The van der Waals surface area contributed by atoms with Crippen molar-refractivity contribution in [1.82, 2.24) is 9.78 Å². The lowest BCUT2D eigenvalue weighted by Gasteiger charge is -2.06. The largest absolute Gasteiger partial charge is 0.320 e. The van der Waals surface area contributed by atoms with Gasteiger partial charge in [0.2, 0.25) is 0 Å². The van der Waals surface area contributed by atoms with E-state index in [1.54, 1.807) is 35.9 Å². The van der Waals surface area contributed by atoms with Crippen LogP contribution in [0.15, 0.2) is 42.5 Å². The van der Waals surface area contributed by atoms with Gasteiger partial charge < -0.3 is 5.32 Å². The van der Waals surface area contributed by atoms with Gasteiger partial charge in [0.05, 0.1) is 10.6 Å². The first-order valence-corrected chi connectivity index (χ1v) is 8.87. The van der Waals surface area contributed by atoms with E-state index >= 15 is 0 Å². The summed E-state index contributed by atoms with van der Waals surface area (Å²) in [5.41, 5.74) is 3.58. The maximum Gasteiger partial charge on any atom is 0.276 e. The van der Waals surface area contributed by atoms with E-state index in [2.05, 4.69) is 10.4 Å². The lowest BCUT2D eigenvalue weighted by Crippen LogP contribution is -2.15. The van der Waals surface area contributed by atoms with Crippen molar-refractivity contribution in [3.63, 3.8) is 0 Å². The number of nitrogens with one attached hydrogen (secondary N) is 1. The zero-order valence-electron chi connectivity index (χ0n) is 15.1. The van der Waals surface area contributed by atoms with Crippen molar-refractivity contribution in [2.45, 2.75) is 26.2 Å². The summed E-state index contributed by atoms with van der Waals surface area (Å²) < 4.78 is 14.9. The van der Waals surface area contributed by atoms with E-state index in [1.165, 1.54) is 18.2 Å². The zero-order chi connectivity index (χ0) is 19.8. The third-order valence-corrected chi connectivity index (χ3v) is 4.88. The van der Waals surface area contributed by atoms with Gasteiger partial charge in [-0.25, -0.2) is 9.07 Å². The summed E-state index contributed by atoms with van der Waals surface area (Å²) in [4.78, 5) is 23.5. The number of aromatic nitrogens is 2. The summed E-state index contributed by atoms with van der Waals surface area (Å²) in [6.07, 6.45) is 2.42. The molecule has 0 bridgehead atoms. The number of carbonyl (C=O) groups is 1. The van der Waals surface area contributed by atoms with E-state index in [-0.39, 0.29) is 11.5 Å². The predicted molar refractivity (Wildman–Crippen MR) is 101 cm³/mol. The van der Waals surface area contributed by atoms with E-state index in [4.69, 9.17) is 0 Å². The van der Waals surface area contributed by atoms with Crippen LogP contribution in [0, 0.1) is 22.9 Å². The average Bonchev–Trinajstić information content (AvgIpc) is 3.26. The maximum atomic E-state index is 13.2. The highest BCUT2D eigenvalue weighted by Gasteiger charge is 2.27. The van der Waals surface area contributed by atoms with Gasteiger partial charge in [0.25, 0.3) is 11.6 Å². The molecule has 0 radical (unpaired) electrons. The van der Waals surface area contributed by atoms with Crippen LogP contribution in [0.1, 0.15) is 33.7 Å². The van der Waals surface area contributed by atoms with Gasteiger partial charge in [-0.15, -0.1) is 0 Å². The molecule has 1 aliphatic carbocycles. The third kappa shape index (κ3) is 3.13. The minimum absolute atomic E-state index is 0.0557. The molecule has 0 unspecified atom stereocenters. The van der Waals surface area contributed by atoms with Gasteiger partial charge in [0.1, 0.15) is 5.82 Å². The Hall–Kier alpha value is -3.55. The van der Waals surface area contributed by atoms with Crippen LogP contribution in [0.25, 0.3) is 5.69 Å². The first-order chi connectivity index (χ1) is 13.4. The Morgan fingerprint density at radius 3 is 2.68 bits per heavy atom. The molecular weight excluding hydrogens is 363 g/mol. The van der Waals surface area contributed by atoms with Crippen LogP contribution in [0.3, 0.4) is 0 Å². The standard InChI is InChI=1S/C20H17FN4O3/c1-12-5-8-14(11-18(12)25(27)28)22-20(26)19-16-3-2-4-17(16)24(23-19)15-9-6-13(21)7-10-15/h5-11H,2-4H2,1H3,(H,22,26). The Bertz CT molecular complexity index is 1090. The molecule has 0 fully saturated rings. The number of hydrogen-bond donors (Lipinski definition) is 1. The summed E-state index contributed by atoms with van der Waals surface area (Å²) >= 11 is 0. The van der Waals surface area contributed by atoms with E-state index < -0.39 is 10.8 Å². The SMILES string of the molecule is Cc1ccc(NC(=O)c2nn(-c3ccc(F)cc3)c3c2CCC3)cc1[N+](=O)[O-]. The first kappa shape index (κ1) is 17.8. The number of hydrogen-bond acceptors (Lipinski definition) is 4. The van der Waals surface area contributed by atoms with Gasteiger partial charge in [-0.2, -0.15) is 5.10 Å². The Kier molecular flexibility index (Phi) is 4.38. The molecule has 142 valence electrons. The fraction of sp³-hybridized carbons (Fsp3) is 0.200. The number of anilines is 1. The molecule has 2 aromatic carbocycles. The number of nitro benzene ring substituents is 1. The topological polar surface area (TPSA) is 90.1 Å². The summed E-state index contributed by atoms with van der Waals surface area (Å²) in [5.74, 6) is -0.761. The van der Waals surface area contributed by atoms with Gasteiger partial charge in [0, 0.05) is 28.6 Å². The molecule has 1 heterocycles. The number of rotatable bonds is 4. The molecule has 28 heavy (non-hydrogen) atoms. The van der Waals surface area contributed by atoms with Gasteiger partial charge in [-0.05, 0) is 56.5 Å². The minimum Gasteiger partial charge on any atom is -0.320 e. The molecule has 8 heteroatoms. The second kappa shape index (κ2) is 6.88. The van der Waals surface area contributed by atoms with E-state index in [0.29, 0.717) is 22.6 Å². The van der Waals surface area contributed by atoms with E-state index in [9.17, 15) is 19.3 Å². The zero-order valence-corrected chi connectivity index (χ0v) is 15.1. The van der Waals surface area contributed by atoms with Gasteiger partial charge in [-0.1, -0.05) is 6.07 Å². The van der Waals surface area contributed by atoms with Crippen LogP contribution in [-0.2, 0) is 12.8 Å². The molecule has 7 nitrogen and oxygen atoms in total. The smallest absolute Gasteiger partial charge is 0.276 e. The Balaban J connectivity index is 1.67. The lowest BCUT2D eigenvalue weighted by atomic mass is 10.1. The molecule has 0 saturated carbocycles. The number of nitro groups is 1. The van der Waals surface area contributed by atoms with Crippen molar-refractivity contribution >= 4 is 17.3 Å². The number of aryl methyl sites for hydroxylation is 1. The number of nitrogens with zero attached hydrogens (tertiary/aromatic N) is 3. The monoisotopic (exact) mass is 380 g/mol. The van der Waals surface area contributed by atoms with Crippen LogP contribution < -0.4 is 5.32 Å². The van der Waals surface area contributed by atoms with Crippen molar-refractivity contribution < 1.29 is 14.1 Å². The van der Waals surface area contributed by atoms with Gasteiger partial charge >= 0.3 is 0 Å². The highest BCUT2D eigenvalue weighted by atomic mass is 19.1. The molecule has 0 atom stereocenters. The van der Waals surface area contributed by atoms with Crippen LogP contribution in [0.4, 0.5) is 15.8 Å². The molecule has 4 rings (SSSR count). The van der Waals surface area contributed by atoms with Crippen LogP contribution in [0.5, 0.6) is 0 Å². The van der Waals surface area contributed by atoms with Crippen LogP contribution in [-0.4, -0.2) is 20.6 Å². The number of fused-ring (bicyclic) bond motifs is 1. The quantitative estimate of drug-likeness (QED) is 0.548. The molecule has 1 N–H and O–H groups in total. The van der Waals surface area contributed by atoms with Crippen molar-refractivity contribution in [3.8, 4) is 5.69 Å². The van der Waals surface area contributed by atoms with Crippen LogP contribution in [0.2, 0.25) is 0 Å². The number of benzene rings is 2. The Labute approximate surface area is 160 Å². The summed E-state index contributed by atoms with van der Waals surface area (Å²) in [5, 5.41) is 18.3. The number of halogens is 1. The lowest BCUT2D eigenvalue weighted by molar-refractivity contribution is -0.385. The second-order valence-corrected chi connectivity index (χ2v) is 6.73. The van der Waals surface area contributed by atoms with Crippen molar-refractivity contribution in [1.29, 1.82) is 0 Å². The van der Waals surface area contributed by atoms with Gasteiger partial charge in [-0.3, -0.25) is 14.9 Å². The molecule has 0 saturated heterocycles. The van der Waals surface area contributed by atoms with Crippen molar-refractivity contribution in [2.75, 3.05) is 5.32 Å². The average molecular weight is 380 g/mol. The summed E-state index contributed by atoms with van der Waals surface area (Å²) in [6.45, 7) is 1.64. The fourth-order valence-corrected chi connectivity index (χ4v) is 3.49. The highest BCUT2D eigenvalue weighted by molar-refractivity contribution is 6.04. The Morgan fingerprint density at radius 1 is 1.21 bits per heavy atom. The molecule has 1 aliphatic rings. The predicted octanol–water partition coefficient (Wildman–Crippen LogP) is 3.97. The normalized spacial score (nSPS) is 12.6. The molecular formula is C20H17FN4O3. The fourth-order valence-electron chi connectivity index (χ4n) is 3.49. The molecule has 1 aromatic heterocycles. The minimum atomic E-state index is -0.480. The van der Waals surface area contributed by atoms with Gasteiger partial charge in [0.15, 0.2) is 5.69 Å². The second-order valence-electron chi connectivity index (χ2n) is 6.73. The number of amides is 1. The molecule has 3 aromatic rings. The molecule has 0 aliphatic heterocycles. The van der Waals surface area contributed by atoms with E-state index in [1.807, 2.05) is 0 Å². The maximum absolute atomic E-state index is 13.2. The summed E-state index contributed by atoms with van der Waals surface area (Å²) in [7, 11) is 0. The highest BCUT2D eigenvalue weighted by Crippen LogP contribution is 2.29. The van der Waals surface area contributed by atoms with Crippen molar-refractivity contribution in [3.05, 3.63) is 80.9 Å². The third-order valence-electron chi connectivity index (χ3n) is 4.88.